The first-order chi connectivity index (χ1) is 20.1. The molecule has 41 heavy (non-hydrogen) atoms. The molecule has 218 valence electrons. The molecule has 2 saturated heterocycles. The highest BCUT2D eigenvalue weighted by molar-refractivity contribution is 5.94. The fraction of sp³-hybridized carbons (Fsp3) is 0.533. The average Bonchev–Trinajstić information content (AvgIpc) is 3.44. The van der Waals surface area contributed by atoms with E-state index in [4.69, 9.17) is 19.6 Å². The highest BCUT2D eigenvalue weighted by atomic mass is 16.6. The summed E-state index contributed by atoms with van der Waals surface area (Å²) >= 11 is 0. The van der Waals surface area contributed by atoms with E-state index in [0.717, 1.165) is 88.7 Å². The predicted molar refractivity (Wildman–Crippen MR) is 155 cm³/mol. The summed E-state index contributed by atoms with van der Waals surface area (Å²) in [6.07, 6.45) is 7.82. The quantitative estimate of drug-likeness (QED) is 0.571. The molecule has 2 aromatic rings. The second kappa shape index (κ2) is 12.4. The Hall–Kier alpha value is -3.70. The van der Waals surface area contributed by atoms with Gasteiger partial charge in [-0.3, -0.25) is 9.69 Å². The van der Waals surface area contributed by atoms with E-state index in [1.165, 1.54) is 5.57 Å². The van der Waals surface area contributed by atoms with Crippen molar-refractivity contribution < 1.29 is 19.1 Å². The van der Waals surface area contributed by atoms with E-state index < -0.39 is 0 Å². The van der Waals surface area contributed by atoms with E-state index in [0.29, 0.717) is 37.3 Å². The minimum Gasteiger partial charge on any atom is -0.450 e. The Morgan fingerprint density at radius 3 is 2.63 bits per heavy atom. The molecule has 11 heteroatoms. The third kappa shape index (κ3) is 6.15. The topological polar surface area (TPSA) is 105 Å². The van der Waals surface area contributed by atoms with Crippen LogP contribution in [-0.2, 0) is 16.0 Å². The molecule has 0 spiro atoms. The van der Waals surface area contributed by atoms with Crippen LogP contribution in [0, 0.1) is 0 Å². The number of allylic oxidation sites excluding steroid dienone is 2. The molecule has 5 heterocycles. The van der Waals surface area contributed by atoms with E-state index in [9.17, 15) is 9.59 Å². The first kappa shape index (κ1) is 27.5. The summed E-state index contributed by atoms with van der Waals surface area (Å²) in [5.41, 5.74) is 3.79. The van der Waals surface area contributed by atoms with Gasteiger partial charge in [0.1, 0.15) is 0 Å². The van der Waals surface area contributed by atoms with Crippen molar-refractivity contribution in [3.05, 3.63) is 53.4 Å². The number of nitrogens with zero attached hydrogens (tertiary/aromatic N) is 6. The minimum atomic E-state index is -0.268. The molecule has 2 fully saturated rings. The number of anilines is 2. The van der Waals surface area contributed by atoms with Gasteiger partial charge in [-0.1, -0.05) is 12.2 Å². The SMILES string of the molecule is CCOC(=O)N1CC=C(C2=CCCn3nc(Nc4ccc(C(=O)N5CCCC(N6CCOCC6)C5)cc4)nc32)CC1. The number of morpholine rings is 1. The Balaban J connectivity index is 1.08. The number of aromatic nitrogens is 3. The summed E-state index contributed by atoms with van der Waals surface area (Å²) in [6, 6.07) is 8.01. The number of rotatable bonds is 6. The largest absolute Gasteiger partial charge is 0.450 e. The van der Waals surface area contributed by atoms with Crippen molar-refractivity contribution >= 4 is 29.2 Å². The number of piperidine rings is 1. The van der Waals surface area contributed by atoms with Crippen LogP contribution in [0.5, 0.6) is 0 Å². The van der Waals surface area contributed by atoms with E-state index in [2.05, 4.69) is 22.4 Å². The molecule has 1 N–H and O–H groups in total. The van der Waals surface area contributed by atoms with Crippen LogP contribution in [0.4, 0.5) is 16.4 Å². The highest BCUT2D eigenvalue weighted by Crippen LogP contribution is 2.31. The molecule has 6 rings (SSSR count). The smallest absolute Gasteiger partial charge is 0.410 e. The number of nitrogens with one attached hydrogen (secondary N) is 1. The van der Waals surface area contributed by atoms with Crippen LogP contribution in [0.2, 0.25) is 0 Å². The Labute approximate surface area is 240 Å². The number of hydrogen-bond donors (Lipinski definition) is 1. The van der Waals surface area contributed by atoms with E-state index in [1.807, 2.05) is 40.8 Å². The van der Waals surface area contributed by atoms with Crippen LogP contribution in [0.25, 0.3) is 5.57 Å². The minimum absolute atomic E-state index is 0.0853. The lowest BCUT2D eigenvalue weighted by Crippen LogP contribution is -2.52. The zero-order chi connectivity index (χ0) is 28.2. The molecule has 0 radical (unpaired) electrons. The Kier molecular flexibility index (Phi) is 8.33. The van der Waals surface area contributed by atoms with Gasteiger partial charge in [0.05, 0.1) is 19.8 Å². The van der Waals surface area contributed by atoms with E-state index in [1.54, 1.807) is 4.90 Å². The fourth-order valence-corrected chi connectivity index (χ4v) is 6.13. The van der Waals surface area contributed by atoms with Crippen LogP contribution in [0.15, 0.2) is 42.0 Å². The summed E-state index contributed by atoms with van der Waals surface area (Å²) < 4.78 is 12.6. The van der Waals surface area contributed by atoms with E-state index in [-0.39, 0.29) is 12.0 Å². The number of carbonyl (C=O) groups is 2. The maximum Gasteiger partial charge on any atom is 0.410 e. The molecule has 0 aliphatic carbocycles. The Bertz CT molecular complexity index is 1310. The van der Waals surface area contributed by atoms with Gasteiger partial charge < -0.3 is 24.6 Å². The summed E-state index contributed by atoms with van der Waals surface area (Å²) in [5, 5.41) is 8.01. The van der Waals surface area contributed by atoms with Crippen molar-refractivity contribution in [2.45, 2.75) is 45.2 Å². The van der Waals surface area contributed by atoms with Crippen LogP contribution >= 0.6 is 0 Å². The molecule has 1 aromatic carbocycles. The molecule has 0 saturated carbocycles. The third-order valence-corrected chi connectivity index (χ3v) is 8.32. The van der Waals surface area contributed by atoms with Gasteiger partial charge in [0, 0.05) is 68.7 Å². The molecule has 4 aliphatic heterocycles. The number of ether oxygens (including phenoxy) is 2. The van der Waals surface area contributed by atoms with Crippen LogP contribution in [0.3, 0.4) is 0 Å². The Morgan fingerprint density at radius 1 is 1.05 bits per heavy atom. The number of amides is 2. The van der Waals surface area contributed by atoms with Crippen molar-refractivity contribution in [1.29, 1.82) is 0 Å². The number of fused-ring (bicyclic) bond motifs is 1. The lowest BCUT2D eigenvalue weighted by atomic mass is 9.96. The van der Waals surface area contributed by atoms with Crippen LogP contribution in [0.1, 0.15) is 48.8 Å². The number of hydrogen-bond acceptors (Lipinski definition) is 8. The highest BCUT2D eigenvalue weighted by Gasteiger charge is 2.29. The molecule has 4 aliphatic rings. The number of benzene rings is 1. The van der Waals surface area contributed by atoms with Gasteiger partial charge in [0.25, 0.3) is 5.91 Å². The number of aryl methyl sites for hydroxylation is 1. The zero-order valence-electron chi connectivity index (χ0n) is 23.8. The molecule has 11 nitrogen and oxygen atoms in total. The van der Waals surface area contributed by atoms with Crippen molar-refractivity contribution in [1.82, 2.24) is 29.5 Å². The van der Waals surface area contributed by atoms with E-state index >= 15 is 0 Å². The zero-order valence-corrected chi connectivity index (χ0v) is 23.8. The van der Waals surface area contributed by atoms with Gasteiger partial charge in [-0.2, -0.15) is 4.98 Å². The number of likely N-dealkylation sites (tertiary alicyclic amines) is 1. The lowest BCUT2D eigenvalue weighted by Gasteiger charge is -2.40. The molecule has 0 bridgehead atoms. The molecule has 1 atom stereocenters. The van der Waals surface area contributed by atoms with Gasteiger partial charge in [0.15, 0.2) is 5.82 Å². The standard InChI is InChI=1S/C30H39N7O4/c1-2-41-30(39)35-15-11-22(12-16-35)26-6-4-14-37-27(26)32-29(33-37)31-24-9-7-23(8-10-24)28(38)36-13-3-5-25(21-36)34-17-19-40-20-18-34/h6-11,25H,2-5,12-21H2,1H3,(H,31,33). The first-order valence-electron chi connectivity index (χ1n) is 14.8. The second-order valence-corrected chi connectivity index (χ2v) is 10.9. The Morgan fingerprint density at radius 2 is 1.88 bits per heavy atom. The molecular formula is C30H39N7O4. The molecule has 2 amide bonds. The van der Waals surface area contributed by atoms with Gasteiger partial charge in [-0.05, 0) is 62.4 Å². The van der Waals surface area contributed by atoms with Gasteiger partial charge in [0.2, 0.25) is 5.95 Å². The van der Waals surface area contributed by atoms with Gasteiger partial charge in [-0.25, -0.2) is 9.48 Å². The van der Waals surface area contributed by atoms with Crippen molar-refractivity contribution in [3.63, 3.8) is 0 Å². The summed E-state index contributed by atoms with van der Waals surface area (Å²) in [5.74, 6) is 1.45. The summed E-state index contributed by atoms with van der Waals surface area (Å²) in [4.78, 5) is 36.4. The molecule has 1 unspecified atom stereocenters. The predicted octanol–water partition coefficient (Wildman–Crippen LogP) is 3.53. The first-order valence-corrected chi connectivity index (χ1v) is 14.8. The maximum absolute atomic E-state index is 13.3. The molecule has 1 aromatic heterocycles. The van der Waals surface area contributed by atoms with Crippen molar-refractivity contribution in [3.8, 4) is 0 Å². The average molecular weight is 562 g/mol. The van der Waals surface area contributed by atoms with Gasteiger partial charge >= 0.3 is 6.09 Å². The monoisotopic (exact) mass is 561 g/mol. The third-order valence-electron chi connectivity index (χ3n) is 8.32. The van der Waals surface area contributed by atoms with Crippen molar-refractivity contribution in [2.24, 2.45) is 0 Å². The molecular weight excluding hydrogens is 522 g/mol. The van der Waals surface area contributed by atoms with Crippen LogP contribution in [-0.4, -0.2) is 107 Å². The normalized spacial score (nSPS) is 21.5. The maximum atomic E-state index is 13.3. The fourth-order valence-electron chi connectivity index (χ4n) is 6.13. The van der Waals surface area contributed by atoms with Crippen LogP contribution < -0.4 is 5.32 Å². The summed E-state index contributed by atoms with van der Waals surface area (Å²) in [7, 11) is 0. The summed E-state index contributed by atoms with van der Waals surface area (Å²) in [6.45, 7) is 9.14. The number of carbonyl (C=O) groups excluding carboxylic acids is 2. The van der Waals surface area contributed by atoms with Crippen molar-refractivity contribution in [2.75, 3.05) is 64.4 Å². The lowest BCUT2D eigenvalue weighted by molar-refractivity contribution is -0.00120. The second-order valence-electron chi connectivity index (χ2n) is 10.9. The van der Waals surface area contributed by atoms with Gasteiger partial charge in [-0.15, -0.1) is 5.10 Å².